The molecule has 1 aromatic heterocycles. The van der Waals surface area contributed by atoms with Crippen molar-refractivity contribution in [1.29, 1.82) is 0 Å². The van der Waals surface area contributed by atoms with E-state index in [0.717, 1.165) is 4.60 Å². The number of carbonyl (C=O) groups is 1. The van der Waals surface area contributed by atoms with Crippen LogP contribution in [0.15, 0.2) is 29.0 Å². The molecule has 0 unspecified atom stereocenters. The minimum absolute atomic E-state index is 0.00750. The molecule has 0 saturated heterocycles. The number of amides is 1. The van der Waals surface area contributed by atoms with E-state index >= 15 is 0 Å². The zero-order chi connectivity index (χ0) is 8.97. The Morgan fingerprint density at radius 3 is 3.00 bits per heavy atom. The number of halogens is 1. The Balaban J connectivity index is 2.75. The van der Waals surface area contributed by atoms with Gasteiger partial charge in [-0.25, -0.2) is 0 Å². The quantitative estimate of drug-likeness (QED) is 0.581. The first kappa shape index (κ1) is 9.19. The fraction of sp³-hybridized carbons (Fsp3) is 0.250. The first-order valence-corrected chi connectivity index (χ1v) is 4.38. The van der Waals surface area contributed by atoms with Crippen molar-refractivity contribution in [3.8, 4) is 0 Å². The van der Waals surface area contributed by atoms with Crippen LogP contribution in [0.4, 0.5) is 0 Å². The lowest BCUT2D eigenvalue weighted by Gasteiger charge is -1.96. The van der Waals surface area contributed by atoms with Crippen molar-refractivity contribution in [2.45, 2.75) is 6.54 Å². The number of nitrogens with zero attached hydrogens (tertiary/aromatic N) is 1. The van der Waals surface area contributed by atoms with Crippen LogP contribution in [0, 0.1) is 0 Å². The molecule has 0 aliphatic carbocycles. The lowest BCUT2D eigenvalue weighted by molar-refractivity contribution is -0.695. The van der Waals surface area contributed by atoms with E-state index < -0.39 is 0 Å². The molecular formula is C8H10BrN2O+. The van der Waals surface area contributed by atoms with E-state index in [-0.39, 0.29) is 5.91 Å². The molecule has 0 fully saturated rings. The van der Waals surface area contributed by atoms with Gasteiger partial charge in [0.2, 0.25) is 11.1 Å². The van der Waals surface area contributed by atoms with Gasteiger partial charge in [-0.2, -0.15) is 4.57 Å². The lowest BCUT2D eigenvalue weighted by Crippen LogP contribution is -2.42. The fourth-order valence-corrected chi connectivity index (χ4v) is 1.21. The summed E-state index contributed by atoms with van der Waals surface area (Å²) in [6, 6.07) is 5.68. The van der Waals surface area contributed by atoms with Crippen molar-refractivity contribution in [1.82, 2.24) is 5.32 Å². The lowest BCUT2D eigenvalue weighted by atomic mass is 10.4. The summed E-state index contributed by atoms with van der Waals surface area (Å²) >= 11 is 3.34. The van der Waals surface area contributed by atoms with Crippen LogP contribution in [0.5, 0.6) is 0 Å². The fourth-order valence-electron chi connectivity index (χ4n) is 0.817. The van der Waals surface area contributed by atoms with Gasteiger partial charge in [-0.15, -0.1) is 0 Å². The molecule has 1 aromatic rings. The summed E-state index contributed by atoms with van der Waals surface area (Å²) in [7, 11) is 1.62. The summed E-state index contributed by atoms with van der Waals surface area (Å²) in [5, 5.41) is 2.56. The Hall–Kier alpha value is -0.900. The van der Waals surface area contributed by atoms with Gasteiger partial charge in [0.25, 0.3) is 5.91 Å². The highest BCUT2D eigenvalue weighted by atomic mass is 79.9. The Labute approximate surface area is 79.5 Å². The summed E-state index contributed by atoms with van der Waals surface area (Å²) < 4.78 is 2.72. The number of hydrogen-bond acceptors (Lipinski definition) is 1. The molecule has 0 atom stereocenters. The third-order valence-corrected chi connectivity index (χ3v) is 2.20. The number of aromatic nitrogens is 1. The Bertz CT molecular complexity index is 288. The Kier molecular flexibility index (Phi) is 3.22. The van der Waals surface area contributed by atoms with Crippen LogP contribution in [0.25, 0.3) is 0 Å². The largest absolute Gasteiger partial charge is 0.354 e. The van der Waals surface area contributed by atoms with Crippen LogP contribution in [-0.2, 0) is 11.3 Å². The Morgan fingerprint density at radius 2 is 2.42 bits per heavy atom. The first-order chi connectivity index (χ1) is 5.74. The molecule has 0 spiro atoms. The number of nitrogens with one attached hydrogen (secondary N) is 1. The van der Waals surface area contributed by atoms with Crippen molar-refractivity contribution in [3.05, 3.63) is 29.0 Å². The molecule has 0 saturated carbocycles. The molecule has 1 heterocycles. The van der Waals surface area contributed by atoms with Crippen LogP contribution < -0.4 is 9.88 Å². The first-order valence-electron chi connectivity index (χ1n) is 3.58. The maximum atomic E-state index is 11.0. The summed E-state index contributed by atoms with van der Waals surface area (Å²) in [5.41, 5.74) is 0. The molecule has 1 N–H and O–H groups in total. The van der Waals surface area contributed by atoms with Gasteiger partial charge in [-0.05, 0) is 6.07 Å². The van der Waals surface area contributed by atoms with Crippen molar-refractivity contribution >= 4 is 21.8 Å². The van der Waals surface area contributed by atoms with E-state index in [9.17, 15) is 4.79 Å². The summed E-state index contributed by atoms with van der Waals surface area (Å²) in [5.74, 6) is -0.00750. The number of hydrogen-bond donors (Lipinski definition) is 1. The number of pyridine rings is 1. The van der Waals surface area contributed by atoms with Crippen molar-refractivity contribution < 1.29 is 9.36 Å². The third-order valence-electron chi connectivity index (χ3n) is 1.48. The minimum Gasteiger partial charge on any atom is -0.354 e. The summed E-state index contributed by atoms with van der Waals surface area (Å²) in [6.07, 6.45) is 1.85. The van der Waals surface area contributed by atoms with Crippen LogP contribution >= 0.6 is 15.9 Å². The summed E-state index contributed by atoms with van der Waals surface area (Å²) in [4.78, 5) is 11.0. The molecule has 3 nitrogen and oxygen atoms in total. The highest BCUT2D eigenvalue weighted by molar-refractivity contribution is 9.10. The van der Waals surface area contributed by atoms with Gasteiger partial charge in [-0.1, -0.05) is 0 Å². The van der Waals surface area contributed by atoms with Crippen LogP contribution in [0.2, 0.25) is 0 Å². The van der Waals surface area contributed by atoms with Gasteiger partial charge in [0.15, 0.2) is 6.20 Å². The molecule has 64 valence electrons. The molecule has 0 bridgehead atoms. The molecule has 12 heavy (non-hydrogen) atoms. The number of likely N-dealkylation sites (N-methyl/N-ethyl adjacent to an activating group) is 1. The third kappa shape index (κ3) is 2.30. The topological polar surface area (TPSA) is 33.0 Å². The Morgan fingerprint density at radius 1 is 1.67 bits per heavy atom. The smallest absolute Gasteiger partial charge is 0.285 e. The average Bonchev–Trinajstić information content (AvgIpc) is 2.09. The molecule has 4 heteroatoms. The van der Waals surface area contributed by atoms with Gasteiger partial charge in [-0.3, -0.25) is 4.79 Å². The molecule has 0 radical (unpaired) electrons. The zero-order valence-electron chi connectivity index (χ0n) is 6.75. The maximum Gasteiger partial charge on any atom is 0.285 e. The monoisotopic (exact) mass is 229 g/mol. The highest BCUT2D eigenvalue weighted by Gasteiger charge is 2.09. The molecule has 0 aromatic carbocycles. The second-order valence-electron chi connectivity index (χ2n) is 2.32. The predicted octanol–water partition coefficient (Wildman–Crippen LogP) is 0.483. The van der Waals surface area contributed by atoms with Crippen molar-refractivity contribution in [3.63, 3.8) is 0 Å². The maximum absolute atomic E-state index is 11.0. The van der Waals surface area contributed by atoms with Gasteiger partial charge in [0.1, 0.15) is 0 Å². The normalized spacial score (nSPS) is 9.50. The highest BCUT2D eigenvalue weighted by Crippen LogP contribution is 1.99. The van der Waals surface area contributed by atoms with Crippen LogP contribution in [0.3, 0.4) is 0 Å². The molecular weight excluding hydrogens is 220 g/mol. The van der Waals surface area contributed by atoms with E-state index in [0.29, 0.717) is 6.54 Å². The van der Waals surface area contributed by atoms with E-state index in [4.69, 9.17) is 0 Å². The molecule has 1 amide bonds. The van der Waals surface area contributed by atoms with Crippen molar-refractivity contribution in [2.24, 2.45) is 0 Å². The molecule has 0 aliphatic heterocycles. The standard InChI is InChI=1S/C8H9BrN2O/c1-10-8(12)6-11-5-3-2-4-7(11)9/h2-5H,6H2,1H3/p+1. The number of rotatable bonds is 2. The second kappa shape index (κ2) is 4.21. The summed E-state index contributed by atoms with van der Waals surface area (Å²) in [6.45, 7) is 0.345. The van der Waals surface area contributed by atoms with Crippen molar-refractivity contribution in [2.75, 3.05) is 7.05 Å². The van der Waals surface area contributed by atoms with Gasteiger partial charge in [0, 0.05) is 35.1 Å². The number of carbonyl (C=O) groups excluding carboxylic acids is 1. The van der Waals surface area contributed by atoms with E-state index in [1.807, 2.05) is 29.0 Å². The average molecular weight is 230 g/mol. The SMILES string of the molecule is CNC(=O)C[n+]1ccccc1Br. The van der Waals surface area contributed by atoms with E-state index in [1.54, 1.807) is 7.05 Å². The minimum atomic E-state index is -0.00750. The molecule has 1 rings (SSSR count). The van der Waals surface area contributed by atoms with Crippen LogP contribution in [0.1, 0.15) is 0 Å². The van der Waals surface area contributed by atoms with Gasteiger partial charge in [0.05, 0.1) is 0 Å². The van der Waals surface area contributed by atoms with E-state index in [1.165, 1.54) is 0 Å². The van der Waals surface area contributed by atoms with Gasteiger partial charge < -0.3 is 5.32 Å². The van der Waals surface area contributed by atoms with E-state index in [2.05, 4.69) is 21.2 Å². The second-order valence-corrected chi connectivity index (χ2v) is 3.14. The predicted molar refractivity (Wildman–Crippen MR) is 48.4 cm³/mol. The zero-order valence-corrected chi connectivity index (χ0v) is 8.34. The molecule has 0 aliphatic rings. The van der Waals surface area contributed by atoms with Gasteiger partial charge >= 0.3 is 0 Å². The van der Waals surface area contributed by atoms with Crippen LogP contribution in [-0.4, -0.2) is 13.0 Å².